The lowest BCUT2D eigenvalue weighted by Gasteiger charge is -2.05. The number of hydrogen-bond acceptors (Lipinski definition) is 5. The van der Waals surface area contributed by atoms with Crippen molar-refractivity contribution in [1.82, 2.24) is 19.9 Å². The summed E-state index contributed by atoms with van der Waals surface area (Å²) in [6, 6.07) is 7.31. The summed E-state index contributed by atoms with van der Waals surface area (Å²) in [5.74, 6) is 5.25. The first-order chi connectivity index (χ1) is 10.7. The number of nitrogens with zero attached hydrogens (tertiary/aromatic N) is 4. The fourth-order valence-electron chi connectivity index (χ4n) is 1.87. The lowest BCUT2D eigenvalue weighted by molar-refractivity contribution is 0.566. The van der Waals surface area contributed by atoms with E-state index in [4.69, 9.17) is 5.84 Å². The molecule has 0 aliphatic heterocycles. The first kappa shape index (κ1) is 14.5. The van der Waals surface area contributed by atoms with E-state index in [-0.39, 0.29) is 11.3 Å². The third-order valence-corrected chi connectivity index (χ3v) is 3.96. The summed E-state index contributed by atoms with van der Waals surface area (Å²) in [5.41, 5.74) is 0.694. The number of nitrogens with two attached hydrogens (primary N) is 1. The van der Waals surface area contributed by atoms with E-state index in [9.17, 15) is 8.78 Å². The molecule has 0 spiro atoms. The van der Waals surface area contributed by atoms with Gasteiger partial charge in [-0.1, -0.05) is 17.8 Å². The average Bonchev–Trinajstić information content (AvgIpc) is 2.89. The van der Waals surface area contributed by atoms with Crippen LogP contribution in [0.3, 0.4) is 0 Å². The van der Waals surface area contributed by atoms with Gasteiger partial charge in [-0.05, 0) is 24.3 Å². The van der Waals surface area contributed by atoms with Crippen molar-refractivity contribution in [2.45, 2.75) is 10.9 Å². The fraction of sp³-hybridized carbons (Fsp3) is 0.0714. The van der Waals surface area contributed by atoms with Gasteiger partial charge in [0.1, 0.15) is 11.6 Å². The van der Waals surface area contributed by atoms with Crippen molar-refractivity contribution < 1.29 is 8.78 Å². The highest BCUT2D eigenvalue weighted by Crippen LogP contribution is 2.26. The topological polar surface area (TPSA) is 69.6 Å². The lowest BCUT2D eigenvalue weighted by atomic mass is 10.2. The van der Waals surface area contributed by atoms with Crippen LogP contribution < -0.4 is 5.84 Å². The molecule has 112 valence electrons. The Morgan fingerprint density at radius 2 is 1.86 bits per heavy atom. The van der Waals surface area contributed by atoms with Crippen molar-refractivity contribution in [1.29, 1.82) is 0 Å². The fourth-order valence-corrected chi connectivity index (χ4v) is 2.75. The third kappa shape index (κ3) is 2.77. The molecule has 5 nitrogen and oxygen atoms in total. The molecule has 3 rings (SSSR count). The molecule has 0 amide bonds. The van der Waals surface area contributed by atoms with Crippen LogP contribution in [-0.2, 0) is 5.75 Å². The molecule has 0 bridgehead atoms. The second-order valence-electron chi connectivity index (χ2n) is 4.41. The van der Waals surface area contributed by atoms with Crippen molar-refractivity contribution in [3.05, 3.63) is 59.9 Å². The van der Waals surface area contributed by atoms with E-state index in [1.165, 1.54) is 22.9 Å². The molecule has 8 heteroatoms. The SMILES string of the molecule is Nn1c(SCc2c(F)cccc2F)nnc1-c1cccnc1. The number of thioether (sulfide) groups is 1. The molecule has 3 aromatic rings. The Hall–Kier alpha value is -2.48. The molecule has 0 radical (unpaired) electrons. The summed E-state index contributed by atoms with van der Waals surface area (Å²) in [6.45, 7) is 0. The highest BCUT2D eigenvalue weighted by atomic mass is 32.2. The van der Waals surface area contributed by atoms with Gasteiger partial charge in [-0.15, -0.1) is 10.2 Å². The van der Waals surface area contributed by atoms with E-state index < -0.39 is 11.6 Å². The minimum absolute atomic E-state index is 0.0153. The van der Waals surface area contributed by atoms with Crippen molar-refractivity contribution >= 4 is 11.8 Å². The van der Waals surface area contributed by atoms with E-state index in [0.717, 1.165) is 11.8 Å². The smallest absolute Gasteiger partial charge is 0.210 e. The molecular weight excluding hydrogens is 308 g/mol. The van der Waals surface area contributed by atoms with Crippen LogP contribution in [0.5, 0.6) is 0 Å². The zero-order valence-electron chi connectivity index (χ0n) is 11.3. The number of aromatic nitrogens is 4. The number of benzene rings is 1. The quantitative estimate of drug-likeness (QED) is 0.591. The predicted molar refractivity (Wildman–Crippen MR) is 79.3 cm³/mol. The largest absolute Gasteiger partial charge is 0.335 e. The van der Waals surface area contributed by atoms with E-state index in [1.807, 2.05) is 0 Å². The minimum atomic E-state index is -0.594. The molecule has 0 saturated carbocycles. The maximum atomic E-state index is 13.6. The molecule has 2 N–H and O–H groups in total. The molecule has 1 aromatic carbocycles. The van der Waals surface area contributed by atoms with Gasteiger partial charge in [0.25, 0.3) is 0 Å². The van der Waals surface area contributed by atoms with Gasteiger partial charge < -0.3 is 5.84 Å². The standard InChI is InChI=1S/C14H11F2N5S/c15-11-4-1-5-12(16)10(11)8-22-14-20-19-13(21(14)17)9-3-2-6-18-7-9/h1-7H,8,17H2. The van der Waals surface area contributed by atoms with Crippen LogP contribution in [0.4, 0.5) is 8.78 Å². The maximum Gasteiger partial charge on any atom is 0.210 e. The summed E-state index contributed by atoms with van der Waals surface area (Å²) in [6.07, 6.45) is 3.25. The molecule has 0 fully saturated rings. The lowest BCUT2D eigenvalue weighted by Crippen LogP contribution is -2.11. The predicted octanol–water partition coefficient (Wildman–Crippen LogP) is 2.62. The maximum absolute atomic E-state index is 13.6. The van der Waals surface area contributed by atoms with Crippen LogP contribution in [0.1, 0.15) is 5.56 Å². The van der Waals surface area contributed by atoms with Crippen molar-refractivity contribution in [3.8, 4) is 11.4 Å². The molecule has 0 aliphatic rings. The van der Waals surface area contributed by atoms with Gasteiger partial charge in [0.2, 0.25) is 5.16 Å². The first-order valence-electron chi connectivity index (χ1n) is 6.33. The number of rotatable bonds is 4. The Labute approximate surface area is 129 Å². The highest BCUT2D eigenvalue weighted by Gasteiger charge is 2.15. The Morgan fingerprint density at radius 1 is 1.09 bits per heavy atom. The van der Waals surface area contributed by atoms with Gasteiger partial charge >= 0.3 is 0 Å². The molecule has 0 atom stereocenters. The molecule has 0 unspecified atom stereocenters. The summed E-state index contributed by atoms with van der Waals surface area (Å²) < 4.78 is 28.5. The van der Waals surface area contributed by atoms with Gasteiger partial charge in [0, 0.05) is 29.3 Å². The third-order valence-electron chi connectivity index (χ3n) is 2.99. The van der Waals surface area contributed by atoms with Crippen molar-refractivity contribution in [2.24, 2.45) is 0 Å². The van der Waals surface area contributed by atoms with Gasteiger partial charge in [-0.3, -0.25) is 4.98 Å². The van der Waals surface area contributed by atoms with Gasteiger partial charge in [-0.2, -0.15) is 0 Å². The minimum Gasteiger partial charge on any atom is -0.335 e. The molecule has 2 aromatic heterocycles. The van der Waals surface area contributed by atoms with Crippen LogP contribution in [0.25, 0.3) is 11.4 Å². The Bertz CT molecular complexity index is 771. The van der Waals surface area contributed by atoms with E-state index in [2.05, 4.69) is 15.2 Å². The molecule has 22 heavy (non-hydrogen) atoms. The van der Waals surface area contributed by atoms with E-state index >= 15 is 0 Å². The van der Waals surface area contributed by atoms with Crippen LogP contribution in [0.15, 0.2) is 47.9 Å². The second-order valence-corrected chi connectivity index (χ2v) is 5.35. The second kappa shape index (κ2) is 6.10. The molecule has 2 heterocycles. The molecule has 0 saturated heterocycles. The summed E-state index contributed by atoms with van der Waals surface area (Å²) in [4.78, 5) is 3.99. The van der Waals surface area contributed by atoms with Crippen LogP contribution >= 0.6 is 11.8 Å². The Balaban J connectivity index is 1.81. The highest BCUT2D eigenvalue weighted by molar-refractivity contribution is 7.98. The number of halogens is 2. The van der Waals surface area contributed by atoms with E-state index in [1.54, 1.807) is 24.5 Å². The zero-order chi connectivity index (χ0) is 15.5. The van der Waals surface area contributed by atoms with Crippen LogP contribution in [0, 0.1) is 11.6 Å². The van der Waals surface area contributed by atoms with Crippen LogP contribution in [0.2, 0.25) is 0 Å². The first-order valence-corrected chi connectivity index (χ1v) is 7.32. The number of nitrogen functional groups attached to an aromatic ring is 1. The van der Waals surface area contributed by atoms with Gasteiger partial charge in [0.15, 0.2) is 5.82 Å². The Kier molecular flexibility index (Phi) is 4.01. The number of hydrogen-bond donors (Lipinski definition) is 1. The molecule has 0 aliphatic carbocycles. The normalized spacial score (nSPS) is 10.8. The molecular formula is C14H11F2N5S. The number of pyridine rings is 1. The average molecular weight is 319 g/mol. The van der Waals surface area contributed by atoms with Gasteiger partial charge in [0.05, 0.1) is 0 Å². The zero-order valence-corrected chi connectivity index (χ0v) is 12.1. The van der Waals surface area contributed by atoms with Crippen LogP contribution in [-0.4, -0.2) is 19.9 Å². The summed E-state index contributed by atoms with van der Waals surface area (Å²) >= 11 is 1.11. The Morgan fingerprint density at radius 3 is 2.55 bits per heavy atom. The van der Waals surface area contributed by atoms with Crippen molar-refractivity contribution in [2.75, 3.05) is 5.84 Å². The summed E-state index contributed by atoms with van der Waals surface area (Å²) in [7, 11) is 0. The van der Waals surface area contributed by atoms with Crippen molar-refractivity contribution in [3.63, 3.8) is 0 Å². The van der Waals surface area contributed by atoms with E-state index in [0.29, 0.717) is 16.5 Å². The summed E-state index contributed by atoms with van der Waals surface area (Å²) in [5, 5.41) is 8.29. The van der Waals surface area contributed by atoms with Gasteiger partial charge in [-0.25, -0.2) is 13.5 Å². The monoisotopic (exact) mass is 319 g/mol.